The minimum atomic E-state index is 0.0246. The number of nitrogens with zero attached hydrogens (tertiary/aromatic N) is 5. The molecule has 2 aromatic heterocycles. The number of carbonyl (C=O) groups excluding carboxylic acids is 1. The maximum Gasteiger partial charge on any atom is 0.225 e. The van der Waals surface area contributed by atoms with Gasteiger partial charge in [0, 0.05) is 19.0 Å². The second-order valence-electron chi connectivity index (χ2n) is 5.79. The molecule has 1 atom stereocenters. The van der Waals surface area contributed by atoms with Crippen molar-refractivity contribution in [3.63, 3.8) is 0 Å². The zero-order valence-electron chi connectivity index (χ0n) is 13.6. The number of nitrogens with one attached hydrogen (secondary N) is 2. The predicted octanol–water partition coefficient (Wildman–Crippen LogP) is 0.910. The largest absolute Gasteiger partial charge is 0.497 e. The van der Waals surface area contributed by atoms with Gasteiger partial charge in [-0.2, -0.15) is 9.67 Å². The lowest BCUT2D eigenvalue weighted by Crippen LogP contribution is -2.39. The first kappa shape index (κ1) is 15.3. The van der Waals surface area contributed by atoms with Crippen LogP contribution in [0.2, 0.25) is 0 Å². The summed E-state index contributed by atoms with van der Waals surface area (Å²) in [6.07, 6.45) is 2.88. The Morgan fingerprint density at radius 1 is 1.32 bits per heavy atom. The van der Waals surface area contributed by atoms with E-state index in [-0.39, 0.29) is 11.9 Å². The Kier molecular flexibility index (Phi) is 3.88. The van der Waals surface area contributed by atoms with Crippen LogP contribution in [0.5, 0.6) is 5.75 Å². The molecule has 0 spiro atoms. The highest BCUT2D eigenvalue weighted by Crippen LogP contribution is 2.19. The lowest BCUT2D eigenvalue weighted by Gasteiger charge is -2.22. The molecule has 3 heterocycles. The zero-order valence-corrected chi connectivity index (χ0v) is 13.6. The van der Waals surface area contributed by atoms with E-state index in [2.05, 4.69) is 30.9 Å². The van der Waals surface area contributed by atoms with Crippen LogP contribution in [0, 0.1) is 0 Å². The van der Waals surface area contributed by atoms with Gasteiger partial charge in [-0.15, -0.1) is 5.10 Å². The highest BCUT2D eigenvalue weighted by atomic mass is 16.5. The number of carbonyl (C=O) groups is 1. The molecular weight excluding hydrogens is 322 g/mol. The maximum absolute atomic E-state index is 11.5. The monoisotopic (exact) mass is 339 g/mol. The molecule has 1 aliphatic rings. The van der Waals surface area contributed by atoms with E-state index in [0.717, 1.165) is 17.9 Å². The number of hydrogen-bond acceptors (Lipinski definition) is 7. The smallest absolute Gasteiger partial charge is 0.225 e. The maximum atomic E-state index is 11.5. The van der Waals surface area contributed by atoms with Crippen LogP contribution < -0.4 is 15.4 Å². The van der Waals surface area contributed by atoms with E-state index >= 15 is 0 Å². The molecule has 1 saturated heterocycles. The number of anilines is 1. The van der Waals surface area contributed by atoms with Crippen molar-refractivity contribution in [2.75, 3.05) is 19.0 Å². The molecule has 1 fully saturated rings. The fourth-order valence-corrected chi connectivity index (χ4v) is 2.78. The highest BCUT2D eigenvalue weighted by Gasteiger charge is 2.20. The molecule has 0 bridgehead atoms. The molecule has 1 aromatic carbocycles. The van der Waals surface area contributed by atoms with E-state index in [1.54, 1.807) is 18.0 Å². The number of fused-ring (bicyclic) bond motifs is 1. The molecule has 1 unspecified atom stereocenters. The molecule has 3 aromatic rings. The second-order valence-corrected chi connectivity index (χ2v) is 5.79. The number of ether oxygens (including phenoxy) is 1. The molecule has 9 nitrogen and oxygen atoms in total. The molecular formula is C16H17N7O2. The average Bonchev–Trinajstić information content (AvgIpc) is 3.05. The molecule has 1 amide bonds. The van der Waals surface area contributed by atoms with Gasteiger partial charge in [-0.3, -0.25) is 4.79 Å². The molecule has 1 aliphatic heterocycles. The molecule has 0 aliphatic carbocycles. The standard InChI is InChI=1S/C16H17N7O2/c1-25-12-4-2-11(3-5-12)23-15-13(21-22-23)9-18-16(20-15)19-10-6-7-17-14(24)8-10/h2-5,9-10H,6-8H2,1H3,(H,17,24)(H,18,19,20). The van der Waals surface area contributed by atoms with Crippen molar-refractivity contribution in [2.24, 2.45) is 0 Å². The minimum Gasteiger partial charge on any atom is -0.497 e. The number of piperidine rings is 1. The van der Waals surface area contributed by atoms with Gasteiger partial charge in [0.05, 0.1) is 19.0 Å². The summed E-state index contributed by atoms with van der Waals surface area (Å²) in [6.45, 7) is 0.657. The van der Waals surface area contributed by atoms with Crippen molar-refractivity contribution in [2.45, 2.75) is 18.9 Å². The van der Waals surface area contributed by atoms with E-state index in [1.165, 1.54) is 0 Å². The van der Waals surface area contributed by atoms with E-state index in [4.69, 9.17) is 4.74 Å². The normalized spacial score (nSPS) is 17.3. The summed E-state index contributed by atoms with van der Waals surface area (Å²) in [4.78, 5) is 20.3. The van der Waals surface area contributed by atoms with Crippen LogP contribution in [-0.4, -0.2) is 50.6 Å². The summed E-state index contributed by atoms with van der Waals surface area (Å²) >= 11 is 0. The van der Waals surface area contributed by atoms with Crippen molar-refractivity contribution in [1.29, 1.82) is 0 Å². The summed E-state index contributed by atoms with van der Waals surface area (Å²) in [5.41, 5.74) is 2.02. The van der Waals surface area contributed by atoms with Gasteiger partial charge in [0.25, 0.3) is 0 Å². The van der Waals surface area contributed by atoms with Gasteiger partial charge in [0.1, 0.15) is 5.75 Å². The Morgan fingerprint density at radius 2 is 2.16 bits per heavy atom. The van der Waals surface area contributed by atoms with Crippen molar-refractivity contribution in [1.82, 2.24) is 30.3 Å². The summed E-state index contributed by atoms with van der Waals surface area (Å²) < 4.78 is 6.82. The van der Waals surface area contributed by atoms with Crippen LogP contribution in [0.1, 0.15) is 12.8 Å². The topological polar surface area (TPSA) is 107 Å². The van der Waals surface area contributed by atoms with Crippen molar-refractivity contribution >= 4 is 23.0 Å². The highest BCUT2D eigenvalue weighted by molar-refractivity contribution is 5.78. The third-order valence-corrected chi connectivity index (χ3v) is 4.09. The minimum absolute atomic E-state index is 0.0246. The van der Waals surface area contributed by atoms with E-state index in [1.807, 2.05) is 24.3 Å². The third-order valence-electron chi connectivity index (χ3n) is 4.09. The zero-order chi connectivity index (χ0) is 17.2. The summed E-state index contributed by atoms with van der Waals surface area (Å²) in [7, 11) is 1.62. The van der Waals surface area contributed by atoms with Crippen LogP contribution in [-0.2, 0) is 4.79 Å². The van der Waals surface area contributed by atoms with Crippen LogP contribution in [0.4, 0.5) is 5.95 Å². The van der Waals surface area contributed by atoms with Gasteiger partial charge in [-0.1, -0.05) is 5.21 Å². The van der Waals surface area contributed by atoms with E-state index in [9.17, 15) is 4.79 Å². The first-order valence-corrected chi connectivity index (χ1v) is 7.99. The lowest BCUT2D eigenvalue weighted by atomic mass is 10.1. The molecule has 2 N–H and O–H groups in total. The van der Waals surface area contributed by atoms with Gasteiger partial charge < -0.3 is 15.4 Å². The fourth-order valence-electron chi connectivity index (χ4n) is 2.78. The third kappa shape index (κ3) is 3.08. The van der Waals surface area contributed by atoms with Crippen LogP contribution in [0.25, 0.3) is 16.9 Å². The van der Waals surface area contributed by atoms with E-state index < -0.39 is 0 Å². The Balaban J connectivity index is 1.63. The Bertz CT molecular complexity index is 906. The first-order valence-electron chi connectivity index (χ1n) is 7.99. The number of methoxy groups -OCH3 is 1. The van der Waals surface area contributed by atoms with Crippen molar-refractivity contribution in [3.05, 3.63) is 30.5 Å². The predicted molar refractivity (Wildman–Crippen MR) is 90.7 cm³/mol. The van der Waals surface area contributed by atoms with Gasteiger partial charge in [-0.05, 0) is 30.7 Å². The van der Waals surface area contributed by atoms with E-state index in [0.29, 0.717) is 30.1 Å². The molecule has 0 saturated carbocycles. The Hall–Kier alpha value is -3.23. The second kappa shape index (κ2) is 6.34. The Morgan fingerprint density at radius 3 is 2.92 bits per heavy atom. The Labute approximate surface area is 143 Å². The molecule has 9 heteroatoms. The van der Waals surface area contributed by atoms with Crippen LogP contribution >= 0.6 is 0 Å². The van der Waals surface area contributed by atoms with Crippen molar-refractivity contribution in [3.8, 4) is 11.4 Å². The molecule has 25 heavy (non-hydrogen) atoms. The SMILES string of the molecule is COc1ccc(-n2nnc3cnc(NC4CCNC(=O)C4)nc32)cc1. The number of aromatic nitrogens is 5. The number of benzene rings is 1. The molecule has 0 radical (unpaired) electrons. The van der Waals surface area contributed by atoms with Crippen LogP contribution in [0.15, 0.2) is 30.5 Å². The van der Waals surface area contributed by atoms with Crippen molar-refractivity contribution < 1.29 is 9.53 Å². The summed E-state index contributed by atoms with van der Waals surface area (Å²) in [5, 5.41) is 14.3. The van der Waals surface area contributed by atoms with Gasteiger partial charge in [-0.25, -0.2) is 4.98 Å². The first-order chi connectivity index (χ1) is 12.2. The lowest BCUT2D eigenvalue weighted by molar-refractivity contribution is -0.122. The average molecular weight is 339 g/mol. The summed E-state index contributed by atoms with van der Waals surface area (Å²) in [6, 6.07) is 7.49. The molecule has 128 valence electrons. The number of amides is 1. The summed E-state index contributed by atoms with van der Waals surface area (Å²) in [5.74, 6) is 1.26. The van der Waals surface area contributed by atoms with Crippen LogP contribution in [0.3, 0.4) is 0 Å². The van der Waals surface area contributed by atoms with Gasteiger partial charge in [0.2, 0.25) is 11.9 Å². The fraction of sp³-hybridized carbons (Fsp3) is 0.312. The number of hydrogen-bond donors (Lipinski definition) is 2. The quantitative estimate of drug-likeness (QED) is 0.727. The molecule has 4 rings (SSSR count). The van der Waals surface area contributed by atoms with Gasteiger partial charge >= 0.3 is 0 Å². The number of rotatable bonds is 4. The van der Waals surface area contributed by atoms with Gasteiger partial charge in [0.15, 0.2) is 11.2 Å².